The summed E-state index contributed by atoms with van der Waals surface area (Å²) in [6.45, 7) is 0.594. The summed E-state index contributed by atoms with van der Waals surface area (Å²) in [5.41, 5.74) is 6.21. The summed E-state index contributed by atoms with van der Waals surface area (Å²) in [6.07, 6.45) is 2.56. The van der Waals surface area contributed by atoms with Gasteiger partial charge in [0, 0.05) is 11.1 Å². The zero-order valence-corrected chi connectivity index (χ0v) is 9.77. The van der Waals surface area contributed by atoms with E-state index in [1.807, 2.05) is 0 Å². The van der Waals surface area contributed by atoms with Gasteiger partial charge in [0.25, 0.3) is 0 Å². The van der Waals surface area contributed by atoms with Gasteiger partial charge in [-0.05, 0) is 6.07 Å². The number of nitrogen functional groups attached to an aromatic ring is 1. The quantitative estimate of drug-likeness (QED) is 0.799. The summed E-state index contributed by atoms with van der Waals surface area (Å²) in [5, 5.41) is 0. The molecule has 2 N–H and O–H groups in total. The van der Waals surface area contributed by atoms with E-state index in [0.717, 1.165) is 9.80 Å². The maximum Gasteiger partial charge on any atom is 0.416 e. The number of aromatic nitrogens is 1. The van der Waals surface area contributed by atoms with Gasteiger partial charge in [-0.1, -0.05) is 0 Å². The molecule has 2 heterocycles. The average molecular weight is 253 g/mol. The molecule has 17 heavy (non-hydrogen) atoms. The van der Waals surface area contributed by atoms with Crippen LogP contribution in [-0.2, 0) is 9.53 Å². The second-order valence-corrected chi connectivity index (χ2v) is 4.38. The van der Waals surface area contributed by atoms with Crippen molar-refractivity contribution in [3.63, 3.8) is 0 Å². The number of anilines is 1. The second kappa shape index (κ2) is 5.05. The topological polar surface area (TPSA) is 85.5 Å². The molecule has 1 aliphatic rings. The van der Waals surface area contributed by atoms with Gasteiger partial charge in [0.2, 0.25) is 5.91 Å². The molecule has 1 fully saturated rings. The van der Waals surface area contributed by atoms with Crippen LogP contribution in [0, 0.1) is 0 Å². The number of carbonyl (C=O) groups is 2. The van der Waals surface area contributed by atoms with E-state index >= 15 is 0 Å². The van der Waals surface area contributed by atoms with Crippen molar-refractivity contribution in [2.24, 2.45) is 0 Å². The molecule has 2 amide bonds. The number of rotatable bonds is 3. The van der Waals surface area contributed by atoms with Crippen LogP contribution in [0.5, 0.6) is 0 Å². The van der Waals surface area contributed by atoms with E-state index in [9.17, 15) is 9.59 Å². The van der Waals surface area contributed by atoms with E-state index in [0.29, 0.717) is 12.2 Å². The molecule has 90 valence electrons. The monoisotopic (exact) mass is 253 g/mol. The van der Waals surface area contributed by atoms with Gasteiger partial charge in [0.15, 0.2) is 0 Å². The minimum absolute atomic E-state index is 0.156. The van der Waals surface area contributed by atoms with Crippen molar-refractivity contribution in [3.8, 4) is 0 Å². The Morgan fingerprint density at radius 1 is 1.65 bits per heavy atom. The number of nitrogens with two attached hydrogens (primary N) is 1. The lowest BCUT2D eigenvalue weighted by molar-refractivity contribution is -0.124. The Hall–Kier alpha value is -1.76. The molecule has 0 atom stereocenters. The number of hydrogen-bond donors (Lipinski definition) is 1. The zero-order chi connectivity index (χ0) is 12.3. The Morgan fingerprint density at radius 3 is 3.12 bits per heavy atom. The number of ether oxygens (including phenoxy) is 1. The standard InChI is InChI=1S/C10H11N3O3S/c11-7-5-12-2-1-8(7)17-6-9(14)13-3-4-16-10(13)15/h1-2,5H,3-4,6,11H2. The molecular formula is C10H11N3O3S. The maximum atomic E-state index is 11.7. The summed E-state index contributed by atoms with van der Waals surface area (Å²) in [4.78, 5) is 28.6. The van der Waals surface area contributed by atoms with Gasteiger partial charge >= 0.3 is 6.09 Å². The van der Waals surface area contributed by atoms with Crippen LogP contribution in [0.2, 0.25) is 0 Å². The number of amides is 2. The molecule has 1 saturated heterocycles. The Morgan fingerprint density at radius 2 is 2.47 bits per heavy atom. The molecule has 0 aliphatic carbocycles. The third kappa shape index (κ3) is 2.68. The first-order chi connectivity index (χ1) is 8.18. The SMILES string of the molecule is Nc1cnccc1SCC(=O)N1CCOC1=O. The first-order valence-corrected chi connectivity index (χ1v) is 5.96. The Balaban J connectivity index is 1.92. The van der Waals surface area contributed by atoms with Gasteiger partial charge in [-0.3, -0.25) is 9.78 Å². The molecular weight excluding hydrogens is 242 g/mol. The van der Waals surface area contributed by atoms with Crippen molar-refractivity contribution in [1.82, 2.24) is 9.88 Å². The van der Waals surface area contributed by atoms with Gasteiger partial charge < -0.3 is 10.5 Å². The molecule has 0 spiro atoms. The number of imide groups is 1. The molecule has 0 bridgehead atoms. The van der Waals surface area contributed by atoms with E-state index in [1.54, 1.807) is 12.3 Å². The lowest BCUT2D eigenvalue weighted by atomic mass is 10.4. The van der Waals surface area contributed by atoms with Crippen LogP contribution in [-0.4, -0.2) is 40.8 Å². The predicted molar refractivity (Wildman–Crippen MR) is 62.4 cm³/mol. The number of nitrogens with zero attached hydrogens (tertiary/aromatic N) is 2. The van der Waals surface area contributed by atoms with Crippen LogP contribution in [0.4, 0.5) is 10.5 Å². The van der Waals surface area contributed by atoms with Crippen molar-refractivity contribution >= 4 is 29.4 Å². The van der Waals surface area contributed by atoms with Crippen molar-refractivity contribution in [2.45, 2.75) is 4.90 Å². The lowest BCUT2D eigenvalue weighted by Crippen LogP contribution is -2.32. The van der Waals surface area contributed by atoms with Gasteiger partial charge in [-0.15, -0.1) is 11.8 Å². The zero-order valence-electron chi connectivity index (χ0n) is 8.96. The number of cyclic esters (lactones) is 1. The Labute approximate surface area is 102 Å². The molecule has 0 radical (unpaired) electrons. The summed E-state index contributed by atoms with van der Waals surface area (Å²) in [7, 11) is 0. The summed E-state index contributed by atoms with van der Waals surface area (Å²) in [6, 6.07) is 1.73. The average Bonchev–Trinajstić information content (AvgIpc) is 2.74. The highest BCUT2D eigenvalue weighted by atomic mass is 32.2. The molecule has 1 aromatic rings. The van der Waals surface area contributed by atoms with E-state index in [-0.39, 0.29) is 18.3 Å². The molecule has 7 heteroatoms. The summed E-state index contributed by atoms with van der Waals surface area (Å²) < 4.78 is 4.68. The van der Waals surface area contributed by atoms with Crippen LogP contribution >= 0.6 is 11.8 Å². The highest BCUT2D eigenvalue weighted by Crippen LogP contribution is 2.23. The van der Waals surface area contributed by atoms with E-state index in [1.165, 1.54) is 18.0 Å². The number of pyridine rings is 1. The fraction of sp³-hybridized carbons (Fsp3) is 0.300. The van der Waals surface area contributed by atoms with Crippen LogP contribution in [0.3, 0.4) is 0 Å². The summed E-state index contributed by atoms with van der Waals surface area (Å²) >= 11 is 1.28. The number of hydrogen-bond acceptors (Lipinski definition) is 6. The smallest absolute Gasteiger partial charge is 0.416 e. The largest absolute Gasteiger partial charge is 0.447 e. The lowest BCUT2D eigenvalue weighted by Gasteiger charge is -2.10. The van der Waals surface area contributed by atoms with Crippen molar-refractivity contribution in [2.75, 3.05) is 24.6 Å². The van der Waals surface area contributed by atoms with E-state index < -0.39 is 6.09 Å². The van der Waals surface area contributed by atoms with Crippen molar-refractivity contribution < 1.29 is 14.3 Å². The fourth-order valence-electron chi connectivity index (χ4n) is 1.36. The molecule has 0 saturated carbocycles. The minimum atomic E-state index is -0.571. The van der Waals surface area contributed by atoms with Crippen LogP contribution in [0.1, 0.15) is 0 Å². The summed E-state index contributed by atoms with van der Waals surface area (Å²) in [5.74, 6) is -0.114. The highest BCUT2D eigenvalue weighted by molar-refractivity contribution is 8.00. The van der Waals surface area contributed by atoms with Crippen LogP contribution in [0.25, 0.3) is 0 Å². The maximum absolute atomic E-state index is 11.7. The van der Waals surface area contributed by atoms with Gasteiger partial charge in [-0.25, -0.2) is 9.69 Å². The molecule has 6 nitrogen and oxygen atoms in total. The first-order valence-electron chi connectivity index (χ1n) is 4.98. The van der Waals surface area contributed by atoms with Crippen molar-refractivity contribution in [3.05, 3.63) is 18.5 Å². The third-order valence-electron chi connectivity index (χ3n) is 2.22. The molecule has 1 aliphatic heterocycles. The molecule has 0 unspecified atom stereocenters. The van der Waals surface area contributed by atoms with Crippen molar-refractivity contribution in [1.29, 1.82) is 0 Å². The first kappa shape index (κ1) is 11.7. The molecule has 1 aromatic heterocycles. The second-order valence-electron chi connectivity index (χ2n) is 3.36. The van der Waals surface area contributed by atoms with Gasteiger partial charge in [-0.2, -0.15) is 0 Å². The predicted octanol–water partition coefficient (Wildman–Crippen LogP) is 0.735. The van der Waals surface area contributed by atoms with E-state index in [4.69, 9.17) is 5.73 Å². The third-order valence-corrected chi connectivity index (χ3v) is 3.30. The molecule has 2 rings (SSSR count). The molecule has 0 aromatic carbocycles. The van der Waals surface area contributed by atoms with Crippen LogP contribution < -0.4 is 5.73 Å². The van der Waals surface area contributed by atoms with Gasteiger partial charge in [0.1, 0.15) is 6.61 Å². The van der Waals surface area contributed by atoms with Crippen LogP contribution in [0.15, 0.2) is 23.4 Å². The number of thioether (sulfide) groups is 1. The van der Waals surface area contributed by atoms with E-state index in [2.05, 4.69) is 9.72 Å². The fourth-order valence-corrected chi connectivity index (χ4v) is 2.17. The van der Waals surface area contributed by atoms with Gasteiger partial charge in [0.05, 0.1) is 24.2 Å². The number of carbonyl (C=O) groups excluding carboxylic acids is 2. The Bertz CT molecular complexity index is 452. The normalized spacial score (nSPS) is 14.8. The highest BCUT2D eigenvalue weighted by Gasteiger charge is 2.28. The minimum Gasteiger partial charge on any atom is -0.447 e. The Kier molecular flexibility index (Phi) is 3.48.